The molecule has 6 aliphatic rings. The molecular formula is C70H86F2N10O10S. The van der Waals surface area contributed by atoms with E-state index in [4.69, 9.17) is 18.9 Å². The highest BCUT2D eigenvalue weighted by Gasteiger charge is 2.43. The number of ether oxygens (including phenoxy) is 4. The van der Waals surface area contributed by atoms with Crippen molar-refractivity contribution in [3.63, 3.8) is 0 Å². The highest BCUT2D eigenvalue weighted by atomic mass is 32.2. The third kappa shape index (κ3) is 15.3. The van der Waals surface area contributed by atoms with E-state index in [1.165, 1.54) is 24.3 Å². The summed E-state index contributed by atoms with van der Waals surface area (Å²) in [4.78, 5) is 74.6. The fraction of sp³-hybridized carbons (Fsp3) is 0.486. The Bertz CT molecular complexity index is 3650. The lowest BCUT2D eigenvalue weighted by Gasteiger charge is -2.43. The molecule has 0 bridgehead atoms. The summed E-state index contributed by atoms with van der Waals surface area (Å²) in [5.41, 5.74) is 4.16. The zero-order valence-corrected chi connectivity index (χ0v) is 54.7. The van der Waals surface area contributed by atoms with Gasteiger partial charge >= 0.3 is 0 Å². The van der Waals surface area contributed by atoms with Crippen LogP contribution in [0.4, 0.5) is 20.2 Å². The molecule has 20 nitrogen and oxygen atoms in total. The van der Waals surface area contributed by atoms with Gasteiger partial charge < -0.3 is 49.3 Å². The van der Waals surface area contributed by atoms with Gasteiger partial charge in [-0.05, 0) is 110 Å². The smallest absolute Gasteiger partial charge is 0.251 e. The number of morpholine rings is 2. The van der Waals surface area contributed by atoms with Crippen LogP contribution < -0.4 is 41.0 Å². The van der Waals surface area contributed by atoms with E-state index in [0.717, 1.165) is 22.5 Å². The Morgan fingerprint density at radius 1 is 0.570 bits per heavy atom. The number of aromatic amines is 2. The first-order chi connectivity index (χ1) is 44.5. The molecule has 23 heteroatoms. The van der Waals surface area contributed by atoms with Crippen LogP contribution in [0.3, 0.4) is 0 Å². The van der Waals surface area contributed by atoms with Crippen LogP contribution >= 0.6 is 0 Å². The SMILES string of the molecule is C[C@@H]1CN(CC(=O)N2CC(C)(C)c3[nH]c(=O)c(Cc4ccc(F)cc4)cc32)[C@@H](CN2CCO[C@H](COc3ccc(S(=O)(=O)c4ccc(OC[C@@H]5CN(C[C@H]6CN[C@H](C)CN6CC(=O)N6CC(C)(C)c7[nH]c(=O)c(Cc8ccc(F)cc8)cc76)CCO5)cc4)cc3)C2)CN1. The fourth-order valence-corrected chi connectivity index (χ4v) is 15.3. The van der Waals surface area contributed by atoms with Gasteiger partial charge in [0.05, 0.1) is 47.5 Å². The first kappa shape index (κ1) is 65.9. The number of nitrogens with zero attached hydrogens (tertiary/aromatic N) is 6. The van der Waals surface area contributed by atoms with Gasteiger partial charge in [-0.15, -0.1) is 0 Å². The van der Waals surface area contributed by atoms with Gasteiger partial charge in [0.2, 0.25) is 21.7 Å². The Labute approximate surface area is 542 Å². The van der Waals surface area contributed by atoms with Gasteiger partial charge in [-0.3, -0.25) is 38.8 Å². The second-order valence-corrected chi connectivity index (χ2v) is 29.4. The summed E-state index contributed by atoms with van der Waals surface area (Å²) in [5, 5.41) is 7.22. The van der Waals surface area contributed by atoms with Crippen molar-refractivity contribution < 1.29 is 45.7 Å². The molecule has 0 saturated carbocycles. The first-order valence-corrected chi connectivity index (χ1v) is 33.9. The van der Waals surface area contributed by atoms with Crippen molar-refractivity contribution in [3.05, 3.63) is 175 Å². The lowest BCUT2D eigenvalue weighted by atomic mass is 9.91. The molecule has 2 amide bonds. The Kier molecular flexibility index (Phi) is 19.6. The van der Waals surface area contributed by atoms with Crippen molar-refractivity contribution in [3.8, 4) is 11.5 Å². The van der Waals surface area contributed by atoms with Gasteiger partial charge in [0, 0.05) is 149 Å². The Morgan fingerprint density at radius 3 is 1.34 bits per heavy atom. The number of anilines is 2. The zero-order chi connectivity index (χ0) is 65.3. The van der Waals surface area contributed by atoms with Crippen molar-refractivity contribution >= 4 is 33.0 Å². The molecule has 4 N–H and O–H groups in total. The van der Waals surface area contributed by atoms with Crippen LogP contribution in [0.5, 0.6) is 11.5 Å². The molecule has 12 rings (SSSR count). The quantitative estimate of drug-likeness (QED) is 0.0744. The molecule has 496 valence electrons. The number of benzene rings is 4. The zero-order valence-electron chi connectivity index (χ0n) is 53.9. The van der Waals surface area contributed by atoms with Crippen LogP contribution in [0.15, 0.2) is 129 Å². The number of amides is 2. The van der Waals surface area contributed by atoms with Gasteiger partial charge in [-0.1, -0.05) is 52.0 Å². The molecule has 6 atom stereocenters. The first-order valence-electron chi connectivity index (χ1n) is 32.5. The minimum atomic E-state index is -3.88. The van der Waals surface area contributed by atoms with Crippen molar-refractivity contribution in [1.29, 1.82) is 0 Å². The van der Waals surface area contributed by atoms with Crippen molar-refractivity contribution in [2.45, 2.75) is 111 Å². The van der Waals surface area contributed by atoms with Crippen LogP contribution in [-0.4, -0.2) is 204 Å². The monoisotopic (exact) mass is 1300 g/mol. The van der Waals surface area contributed by atoms with Crippen molar-refractivity contribution in [1.82, 2.24) is 40.2 Å². The van der Waals surface area contributed by atoms with Crippen LogP contribution in [0, 0.1) is 11.6 Å². The largest absolute Gasteiger partial charge is 0.491 e. The molecule has 6 aliphatic heterocycles. The average molecular weight is 1300 g/mol. The number of aromatic nitrogens is 2. The van der Waals surface area contributed by atoms with Gasteiger partial charge in [0.25, 0.3) is 11.1 Å². The Morgan fingerprint density at radius 2 is 0.957 bits per heavy atom. The summed E-state index contributed by atoms with van der Waals surface area (Å²) in [6.45, 7) is 22.0. The molecule has 0 aliphatic carbocycles. The van der Waals surface area contributed by atoms with E-state index in [9.17, 15) is 36.4 Å². The summed E-state index contributed by atoms with van der Waals surface area (Å²) in [7, 11) is -3.88. The van der Waals surface area contributed by atoms with Crippen LogP contribution in [0.1, 0.15) is 75.2 Å². The maximum atomic E-state index is 14.4. The number of nitrogens with one attached hydrogen (secondary N) is 4. The highest BCUT2D eigenvalue weighted by Crippen LogP contribution is 2.41. The van der Waals surface area contributed by atoms with Gasteiger partial charge in [-0.2, -0.15) is 0 Å². The minimum absolute atomic E-state index is 0.0386. The molecule has 0 radical (unpaired) electrons. The summed E-state index contributed by atoms with van der Waals surface area (Å²) in [6.07, 6.45) is 0.135. The van der Waals surface area contributed by atoms with Crippen LogP contribution in [0.2, 0.25) is 0 Å². The summed E-state index contributed by atoms with van der Waals surface area (Å²) >= 11 is 0. The van der Waals surface area contributed by atoms with E-state index < -0.39 is 20.7 Å². The lowest BCUT2D eigenvalue weighted by molar-refractivity contribution is -0.121. The fourth-order valence-electron chi connectivity index (χ4n) is 14.0. The van der Waals surface area contributed by atoms with E-state index in [1.54, 1.807) is 72.8 Å². The standard InChI is InChI=1S/C70H86F2N10O10S/c1-45-33-79(39-63(83)81-43-69(3,4)65-61(81)29-49(67(85)75-65)27-47-7-11-51(71)12-8-47)53(31-73-45)35-77-23-25-89-57(37-77)41-91-55-15-19-59(20-16-55)93(87,88)60-21-17-56(18-22-60)92-42-58-38-78(24-26-90-58)36-54-32-74-46(2)34-80(54)40-64(84)82-44-70(5,6)66-62(82)30-50(68(86)76-66)28-48-9-13-52(72)14-10-48/h7-22,29-30,45-46,53-54,57-58,73-74H,23-28,31-44H2,1-6H3,(H,75,85)(H,76,86)/t45-,46-,53-,54-,57+,58+/m1/s1. The Balaban J connectivity index is 0.598. The number of rotatable bonds is 20. The topological polar surface area (TPSA) is 214 Å². The number of hydrogen-bond donors (Lipinski definition) is 4. The van der Waals surface area contributed by atoms with E-state index in [1.807, 2.05) is 49.6 Å². The molecule has 4 aromatic carbocycles. The number of fused-ring (bicyclic) bond motifs is 2. The average Bonchev–Trinajstić information content (AvgIpc) is 1.67. The van der Waals surface area contributed by atoms with E-state index in [2.05, 4.69) is 54.0 Å². The summed E-state index contributed by atoms with van der Waals surface area (Å²) < 4.78 is 79.8. The summed E-state index contributed by atoms with van der Waals surface area (Å²) in [6, 6.07) is 29.1. The normalized spacial score (nSPS) is 23.6. The maximum Gasteiger partial charge on any atom is 0.251 e. The number of piperazine rings is 2. The number of halogens is 2. The number of sulfone groups is 1. The Hall–Kier alpha value is -7.19. The number of hydrogen-bond acceptors (Lipinski definition) is 16. The van der Waals surface area contributed by atoms with Crippen LogP contribution in [0.25, 0.3) is 0 Å². The van der Waals surface area contributed by atoms with E-state index in [0.29, 0.717) is 139 Å². The van der Waals surface area contributed by atoms with Gasteiger partial charge in [-0.25, -0.2) is 17.2 Å². The second kappa shape index (κ2) is 27.6. The van der Waals surface area contributed by atoms with Crippen molar-refractivity contribution in [2.75, 3.05) is 128 Å². The molecule has 0 spiro atoms. The molecule has 4 saturated heterocycles. The van der Waals surface area contributed by atoms with E-state index in [-0.39, 0.29) is 107 Å². The predicted molar refractivity (Wildman–Crippen MR) is 351 cm³/mol. The minimum Gasteiger partial charge on any atom is -0.491 e. The highest BCUT2D eigenvalue weighted by molar-refractivity contribution is 7.91. The molecular weight excluding hydrogens is 1210 g/mol. The summed E-state index contributed by atoms with van der Waals surface area (Å²) in [5.74, 6) is 0.254. The molecule has 8 heterocycles. The van der Waals surface area contributed by atoms with Gasteiger partial charge in [0.1, 0.15) is 48.6 Å². The van der Waals surface area contributed by atoms with Gasteiger partial charge in [0.15, 0.2) is 0 Å². The maximum absolute atomic E-state index is 14.4. The third-order valence-corrected chi connectivity index (χ3v) is 20.9. The van der Waals surface area contributed by atoms with Crippen LogP contribution in [-0.2, 0) is 52.6 Å². The number of carbonyl (C=O) groups excluding carboxylic acids is 2. The molecule has 4 fully saturated rings. The molecule has 6 aromatic rings. The molecule has 0 unspecified atom stereocenters. The number of H-pyrrole nitrogens is 2. The lowest BCUT2D eigenvalue weighted by Crippen LogP contribution is -2.61. The van der Waals surface area contributed by atoms with E-state index >= 15 is 0 Å². The van der Waals surface area contributed by atoms with Crippen molar-refractivity contribution in [2.24, 2.45) is 0 Å². The second-order valence-electron chi connectivity index (χ2n) is 27.5. The predicted octanol–water partition coefficient (Wildman–Crippen LogP) is 5.49. The molecule has 93 heavy (non-hydrogen) atoms. The number of carbonyl (C=O) groups is 2. The number of pyridine rings is 2. The molecule has 2 aromatic heterocycles. The third-order valence-electron chi connectivity index (χ3n) is 19.1.